The Morgan fingerprint density at radius 1 is 1.17 bits per heavy atom. The maximum Gasteiger partial charge on any atom is 0.152 e. The van der Waals surface area contributed by atoms with Gasteiger partial charge < -0.3 is 19.1 Å². The first-order valence-corrected chi connectivity index (χ1v) is 7.69. The van der Waals surface area contributed by atoms with Crippen molar-refractivity contribution < 1.29 is 9.15 Å². The van der Waals surface area contributed by atoms with E-state index in [1.807, 2.05) is 61.7 Å². The van der Waals surface area contributed by atoms with Gasteiger partial charge in [0.15, 0.2) is 5.76 Å². The van der Waals surface area contributed by atoms with Gasteiger partial charge >= 0.3 is 0 Å². The molecule has 0 saturated carbocycles. The van der Waals surface area contributed by atoms with Crippen molar-refractivity contribution in [2.75, 3.05) is 7.11 Å². The quantitative estimate of drug-likeness (QED) is 0.752. The van der Waals surface area contributed by atoms with Crippen molar-refractivity contribution in [3.8, 4) is 17.1 Å². The van der Waals surface area contributed by atoms with Gasteiger partial charge in [0.1, 0.15) is 17.2 Å². The van der Waals surface area contributed by atoms with Gasteiger partial charge in [-0.2, -0.15) is 0 Å². The molecule has 0 aliphatic carbocycles. The second kappa shape index (κ2) is 5.77. The van der Waals surface area contributed by atoms with E-state index in [-0.39, 0.29) is 0 Å². The first kappa shape index (κ1) is 14.4. The van der Waals surface area contributed by atoms with Gasteiger partial charge in [0, 0.05) is 12.3 Å². The van der Waals surface area contributed by atoms with Crippen molar-refractivity contribution in [3.05, 3.63) is 71.6 Å². The van der Waals surface area contributed by atoms with Gasteiger partial charge in [-0.25, -0.2) is 4.99 Å². The van der Waals surface area contributed by atoms with Crippen molar-refractivity contribution in [2.45, 2.75) is 6.92 Å². The highest BCUT2D eigenvalue weighted by Crippen LogP contribution is 2.29. The maximum atomic E-state index is 5.62. The average molecular weight is 319 g/mol. The van der Waals surface area contributed by atoms with E-state index in [1.54, 1.807) is 7.11 Å². The van der Waals surface area contributed by atoms with Crippen LogP contribution in [-0.2, 0) is 0 Å². The number of H-pyrrole nitrogens is 2. The number of nitrogens with one attached hydrogen (secondary N) is 2. The molecule has 3 aromatic heterocycles. The summed E-state index contributed by atoms with van der Waals surface area (Å²) in [4.78, 5) is 11.1. The lowest BCUT2D eigenvalue weighted by molar-refractivity contribution is 0.414. The highest BCUT2D eigenvalue weighted by atomic mass is 16.5. The molecule has 120 valence electrons. The Balaban J connectivity index is 1.67. The van der Waals surface area contributed by atoms with Gasteiger partial charge in [0.2, 0.25) is 0 Å². The molecule has 0 saturated heterocycles. The fourth-order valence-corrected chi connectivity index (χ4v) is 2.69. The number of aryl methyl sites for hydroxylation is 1. The van der Waals surface area contributed by atoms with Gasteiger partial charge in [-0.1, -0.05) is 0 Å². The largest absolute Gasteiger partial charge is 0.494 e. The molecular weight excluding hydrogens is 302 g/mol. The van der Waals surface area contributed by atoms with Gasteiger partial charge in [0.05, 0.1) is 29.9 Å². The van der Waals surface area contributed by atoms with Crippen LogP contribution in [0.1, 0.15) is 17.2 Å². The van der Waals surface area contributed by atoms with E-state index >= 15 is 0 Å². The lowest BCUT2D eigenvalue weighted by Crippen LogP contribution is -1.89. The number of methoxy groups -OCH3 is 1. The minimum absolute atomic E-state index is 0.776. The van der Waals surface area contributed by atoms with Gasteiger partial charge in [-0.3, -0.25) is 0 Å². The van der Waals surface area contributed by atoms with Crippen LogP contribution in [0.5, 0.6) is 5.75 Å². The molecule has 0 radical (unpaired) electrons. The maximum absolute atomic E-state index is 5.62. The molecular formula is C19H17N3O2. The van der Waals surface area contributed by atoms with Crippen molar-refractivity contribution in [3.63, 3.8) is 0 Å². The third-order valence-electron chi connectivity index (χ3n) is 3.86. The Morgan fingerprint density at radius 3 is 2.79 bits per heavy atom. The van der Waals surface area contributed by atoms with Crippen LogP contribution in [0.4, 0.5) is 0 Å². The number of hydrogen-bond donors (Lipinski definition) is 2. The second-order valence-electron chi connectivity index (χ2n) is 5.56. The predicted octanol–water partition coefficient (Wildman–Crippen LogP) is 4.32. The zero-order valence-electron chi connectivity index (χ0n) is 13.5. The van der Waals surface area contributed by atoms with Crippen LogP contribution in [0.15, 0.2) is 63.8 Å². The van der Waals surface area contributed by atoms with Crippen molar-refractivity contribution in [1.82, 2.24) is 9.97 Å². The molecule has 0 amide bonds. The minimum Gasteiger partial charge on any atom is -0.494 e. The molecule has 5 heteroatoms. The molecule has 1 aliphatic rings. The summed E-state index contributed by atoms with van der Waals surface area (Å²) >= 11 is 0. The van der Waals surface area contributed by atoms with Crippen molar-refractivity contribution >= 4 is 11.8 Å². The van der Waals surface area contributed by atoms with Gasteiger partial charge in [-0.05, 0) is 49.4 Å². The molecule has 0 fully saturated rings. The second-order valence-corrected chi connectivity index (χ2v) is 5.56. The Hall–Kier alpha value is -3.21. The zero-order valence-corrected chi connectivity index (χ0v) is 13.5. The Labute approximate surface area is 139 Å². The van der Waals surface area contributed by atoms with Gasteiger partial charge in [-0.15, -0.1) is 0 Å². The first-order chi connectivity index (χ1) is 11.7. The predicted molar refractivity (Wildman–Crippen MR) is 94.2 cm³/mol. The number of aromatic amines is 2. The topological polar surface area (TPSA) is 66.3 Å². The monoisotopic (exact) mass is 319 g/mol. The number of rotatable bonds is 4. The molecule has 4 heterocycles. The molecule has 0 aromatic carbocycles. The number of nitrogens with zero attached hydrogens (tertiary/aromatic N) is 1. The number of hydrogen-bond acceptors (Lipinski definition) is 3. The highest BCUT2D eigenvalue weighted by Gasteiger charge is 2.13. The average Bonchev–Trinajstić information content (AvgIpc) is 3.34. The van der Waals surface area contributed by atoms with Crippen LogP contribution in [0, 0.1) is 6.92 Å². The molecule has 4 rings (SSSR count). The first-order valence-electron chi connectivity index (χ1n) is 7.69. The number of aliphatic imine (C=N–C) groups is 1. The lowest BCUT2D eigenvalue weighted by atomic mass is 10.3. The van der Waals surface area contributed by atoms with E-state index in [0.29, 0.717) is 0 Å². The van der Waals surface area contributed by atoms with Crippen LogP contribution in [0.2, 0.25) is 0 Å². The summed E-state index contributed by atoms with van der Waals surface area (Å²) in [6, 6.07) is 9.80. The van der Waals surface area contributed by atoms with Crippen LogP contribution >= 0.6 is 0 Å². The third kappa shape index (κ3) is 2.60. The van der Waals surface area contributed by atoms with E-state index in [9.17, 15) is 0 Å². The summed E-state index contributed by atoms with van der Waals surface area (Å²) in [5, 5.41) is 0. The zero-order chi connectivity index (χ0) is 16.5. The highest BCUT2D eigenvalue weighted by molar-refractivity contribution is 6.09. The molecule has 5 nitrogen and oxygen atoms in total. The number of allylic oxidation sites excluding steroid dienone is 2. The van der Waals surface area contributed by atoms with Crippen molar-refractivity contribution in [2.24, 2.45) is 4.99 Å². The van der Waals surface area contributed by atoms with E-state index in [4.69, 9.17) is 9.15 Å². The standard InChI is InChI=1S/C19H17N3O2/c1-12-5-8-18(24-12)15-7-6-13(21-15)10-17-19(23-2)11-16(22-17)14-4-3-9-20-14/h3-11,20,22H,1-2H3. The summed E-state index contributed by atoms with van der Waals surface area (Å²) < 4.78 is 11.1. The van der Waals surface area contributed by atoms with E-state index in [0.717, 1.165) is 45.8 Å². The summed E-state index contributed by atoms with van der Waals surface area (Å²) in [6.07, 6.45) is 7.76. The summed E-state index contributed by atoms with van der Waals surface area (Å²) in [6.45, 7) is 1.92. The normalized spacial score (nSPS) is 15.2. The van der Waals surface area contributed by atoms with E-state index < -0.39 is 0 Å². The van der Waals surface area contributed by atoms with Crippen molar-refractivity contribution in [1.29, 1.82) is 0 Å². The molecule has 1 aliphatic heterocycles. The van der Waals surface area contributed by atoms with Crippen LogP contribution in [0.25, 0.3) is 17.5 Å². The van der Waals surface area contributed by atoms with E-state index in [1.165, 1.54) is 0 Å². The third-order valence-corrected chi connectivity index (χ3v) is 3.86. The van der Waals surface area contributed by atoms with E-state index in [2.05, 4.69) is 15.0 Å². The fourth-order valence-electron chi connectivity index (χ4n) is 2.69. The Kier molecular flexibility index (Phi) is 3.46. The summed E-state index contributed by atoms with van der Waals surface area (Å²) in [5.41, 5.74) is 4.52. The SMILES string of the molecule is COc1cc(-c2ccc[nH]2)[nH]c1C=C1C=CC(c2ccc(C)o2)=N1. The Bertz CT molecular complexity index is 953. The molecule has 2 N–H and O–H groups in total. The molecule has 0 bridgehead atoms. The van der Waals surface area contributed by atoms with Crippen LogP contribution in [-0.4, -0.2) is 22.8 Å². The smallest absolute Gasteiger partial charge is 0.152 e. The molecule has 0 spiro atoms. The lowest BCUT2D eigenvalue weighted by Gasteiger charge is -1.97. The molecule has 3 aromatic rings. The Morgan fingerprint density at radius 2 is 2.08 bits per heavy atom. The minimum atomic E-state index is 0.776. The molecule has 0 atom stereocenters. The summed E-state index contributed by atoms with van der Waals surface area (Å²) in [7, 11) is 1.66. The summed E-state index contributed by atoms with van der Waals surface area (Å²) in [5.74, 6) is 2.43. The number of aromatic nitrogens is 2. The van der Waals surface area contributed by atoms with Gasteiger partial charge in [0.25, 0.3) is 0 Å². The number of furan rings is 1. The molecule has 0 unspecified atom stereocenters. The van der Waals surface area contributed by atoms with Crippen LogP contribution in [0.3, 0.4) is 0 Å². The molecule has 24 heavy (non-hydrogen) atoms. The number of ether oxygens (including phenoxy) is 1. The fraction of sp³-hybridized carbons (Fsp3) is 0.105. The van der Waals surface area contributed by atoms with Crippen LogP contribution < -0.4 is 4.74 Å².